The Labute approximate surface area is 131 Å². The Morgan fingerprint density at radius 1 is 1.27 bits per heavy atom. The molecule has 0 bridgehead atoms. The fourth-order valence-electron chi connectivity index (χ4n) is 2.10. The molecule has 1 atom stereocenters. The van der Waals surface area contributed by atoms with Gasteiger partial charge >= 0.3 is 0 Å². The molecule has 0 unspecified atom stereocenters. The normalized spacial score (nSPS) is 12.5. The van der Waals surface area contributed by atoms with Crippen LogP contribution in [-0.2, 0) is 5.92 Å². The Balaban J connectivity index is 2.45. The molecule has 2 rings (SSSR count). The summed E-state index contributed by atoms with van der Waals surface area (Å²) in [5.74, 6) is -3.34. The highest BCUT2D eigenvalue weighted by atomic mass is 35.5. The standard InChI is InChI=1S/C15H13ClF2N4/c1-15(17,18)12-6-11(7-20-8-12)14(9-21-22-19)10-2-4-13(16)5-3-10/h2-8,14H,9H2,1H3/t14-/m0/s1. The van der Waals surface area contributed by atoms with E-state index in [-0.39, 0.29) is 18.0 Å². The van der Waals surface area contributed by atoms with Gasteiger partial charge in [0.1, 0.15) is 0 Å². The van der Waals surface area contributed by atoms with E-state index in [0.717, 1.165) is 18.7 Å². The maximum Gasteiger partial charge on any atom is 0.272 e. The number of rotatable bonds is 5. The first-order valence-electron chi connectivity index (χ1n) is 6.51. The first kappa shape index (κ1) is 16.2. The van der Waals surface area contributed by atoms with E-state index in [1.165, 1.54) is 12.3 Å². The third-order valence-corrected chi connectivity index (χ3v) is 3.52. The van der Waals surface area contributed by atoms with Crippen molar-refractivity contribution < 1.29 is 8.78 Å². The topological polar surface area (TPSA) is 61.7 Å². The minimum absolute atomic E-state index is 0.110. The number of pyridine rings is 1. The average Bonchev–Trinajstić information content (AvgIpc) is 2.49. The molecule has 0 spiro atoms. The lowest BCUT2D eigenvalue weighted by Gasteiger charge is -2.18. The van der Waals surface area contributed by atoms with E-state index in [9.17, 15) is 8.78 Å². The Morgan fingerprint density at radius 3 is 2.55 bits per heavy atom. The monoisotopic (exact) mass is 322 g/mol. The summed E-state index contributed by atoms with van der Waals surface area (Å²) in [4.78, 5) is 6.63. The van der Waals surface area contributed by atoms with Crippen LogP contribution in [0.2, 0.25) is 5.02 Å². The van der Waals surface area contributed by atoms with Crippen molar-refractivity contribution in [3.8, 4) is 0 Å². The van der Waals surface area contributed by atoms with E-state index in [2.05, 4.69) is 15.0 Å². The Hall–Kier alpha value is -2.17. The van der Waals surface area contributed by atoms with Crippen LogP contribution in [0.5, 0.6) is 0 Å². The minimum Gasteiger partial charge on any atom is -0.264 e. The highest BCUT2D eigenvalue weighted by Gasteiger charge is 2.26. The second-order valence-corrected chi connectivity index (χ2v) is 5.35. The van der Waals surface area contributed by atoms with Crippen molar-refractivity contribution in [3.05, 3.63) is 74.9 Å². The molecule has 0 fully saturated rings. The molecule has 1 heterocycles. The van der Waals surface area contributed by atoms with Gasteiger partial charge in [-0.3, -0.25) is 4.98 Å². The summed E-state index contributed by atoms with van der Waals surface area (Å²) >= 11 is 5.86. The van der Waals surface area contributed by atoms with Crippen LogP contribution in [0.4, 0.5) is 8.78 Å². The minimum atomic E-state index is -2.98. The number of halogens is 3. The molecule has 0 N–H and O–H groups in total. The smallest absolute Gasteiger partial charge is 0.264 e. The van der Waals surface area contributed by atoms with E-state index >= 15 is 0 Å². The van der Waals surface area contributed by atoms with Gasteiger partial charge in [-0.1, -0.05) is 28.8 Å². The van der Waals surface area contributed by atoms with Gasteiger partial charge in [-0.2, -0.15) is 0 Å². The Kier molecular flexibility index (Phi) is 4.96. The van der Waals surface area contributed by atoms with Crippen molar-refractivity contribution in [1.82, 2.24) is 4.98 Å². The van der Waals surface area contributed by atoms with Gasteiger partial charge in [-0.25, -0.2) is 8.78 Å². The molecule has 1 aromatic heterocycles. The second kappa shape index (κ2) is 6.73. The second-order valence-electron chi connectivity index (χ2n) is 4.91. The highest BCUT2D eigenvalue weighted by molar-refractivity contribution is 6.30. The van der Waals surface area contributed by atoms with Gasteiger partial charge < -0.3 is 0 Å². The predicted molar refractivity (Wildman–Crippen MR) is 81.1 cm³/mol. The van der Waals surface area contributed by atoms with Crippen LogP contribution in [0.15, 0.2) is 47.8 Å². The van der Waals surface area contributed by atoms with Crippen LogP contribution in [0.25, 0.3) is 10.4 Å². The molecule has 0 aliphatic carbocycles. The van der Waals surface area contributed by atoms with Crippen LogP contribution in [0.3, 0.4) is 0 Å². The van der Waals surface area contributed by atoms with Gasteiger partial charge in [0.25, 0.3) is 5.92 Å². The van der Waals surface area contributed by atoms with Crippen molar-refractivity contribution in [1.29, 1.82) is 0 Å². The molecule has 1 aromatic carbocycles. The largest absolute Gasteiger partial charge is 0.272 e. The van der Waals surface area contributed by atoms with Gasteiger partial charge in [0.2, 0.25) is 0 Å². The van der Waals surface area contributed by atoms with E-state index in [1.807, 2.05) is 0 Å². The van der Waals surface area contributed by atoms with E-state index < -0.39 is 5.92 Å². The first-order valence-corrected chi connectivity index (χ1v) is 6.89. The quantitative estimate of drug-likeness (QED) is 0.419. The number of aromatic nitrogens is 1. The zero-order valence-corrected chi connectivity index (χ0v) is 12.5. The fraction of sp³-hybridized carbons (Fsp3) is 0.267. The first-order chi connectivity index (χ1) is 10.4. The molecule has 7 heteroatoms. The van der Waals surface area contributed by atoms with Gasteiger partial charge in [-0.15, -0.1) is 0 Å². The van der Waals surface area contributed by atoms with Crippen molar-refractivity contribution in [2.24, 2.45) is 5.11 Å². The maximum absolute atomic E-state index is 13.5. The molecule has 0 aliphatic heterocycles. The van der Waals surface area contributed by atoms with Crippen molar-refractivity contribution in [2.75, 3.05) is 6.54 Å². The van der Waals surface area contributed by atoms with Gasteiger partial charge in [0, 0.05) is 47.3 Å². The maximum atomic E-state index is 13.5. The summed E-state index contributed by atoms with van der Waals surface area (Å²) in [7, 11) is 0. The van der Waals surface area contributed by atoms with Gasteiger partial charge in [-0.05, 0) is 34.9 Å². The molecule has 0 aliphatic rings. The van der Waals surface area contributed by atoms with E-state index in [1.54, 1.807) is 24.3 Å². The SMILES string of the molecule is CC(F)(F)c1cncc([C@@H](CN=[N+]=[N-])c2ccc(Cl)cc2)c1. The average molecular weight is 323 g/mol. The van der Waals surface area contributed by atoms with Crippen molar-refractivity contribution in [3.63, 3.8) is 0 Å². The van der Waals surface area contributed by atoms with Gasteiger partial charge in [0.15, 0.2) is 0 Å². The fourth-order valence-corrected chi connectivity index (χ4v) is 2.23. The molecular formula is C15H13ClF2N4. The molecule has 0 amide bonds. The Morgan fingerprint density at radius 2 is 1.95 bits per heavy atom. The molecule has 4 nitrogen and oxygen atoms in total. The predicted octanol–water partition coefficient (Wildman–Crippen LogP) is 5.29. The van der Waals surface area contributed by atoms with Crippen LogP contribution >= 0.6 is 11.6 Å². The summed E-state index contributed by atoms with van der Waals surface area (Å²) in [6.45, 7) is 0.928. The lowest BCUT2D eigenvalue weighted by molar-refractivity contribution is 0.0170. The number of hydrogen-bond donors (Lipinski definition) is 0. The van der Waals surface area contributed by atoms with Crippen molar-refractivity contribution in [2.45, 2.75) is 18.8 Å². The number of benzene rings is 1. The number of nitrogens with zero attached hydrogens (tertiary/aromatic N) is 4. The van der Waals surface area contributed by atoms with E-state index in [0.29, 0.717) is 10.6 Å². The molecule has 0 saturated carbocycles. The highest BCUT2D eigenvalue weighted by Crippen LogP contribution is 2.31. The molecule has 0 saturated heterocycles. The summed E-state index contributed by atoms with van der Waals surface area (Å²) in [6.07, 6.45) is 2.64. The third kappa shape index (κ3) is 3.93. The summed E-state index contributed by atoms with van der Waals surface area (Å²) in [6, 6.07) is 8.34. The zero-order chi connectivity index (χ0) is 16.2. The summed E-state index contributed by atoms with van der Waals surface area (Å²) in [5, 5.41) is 4.14. The molecular weight excluding hydrogens is 310 g/mol. The summed E-state index contributed by atoms with van der Waals surface area (Å²) in [5.41, 5.74) is 9.74. The van der Waals surface area contributed by atoms with Crippen LogP contribution in [-0.4, -0.2) is 11.5 Å². The zero-order valence-electron chi connectivity index (χ0n) is 11.7. The number of hydrogen-bond acceptors (Lipinski definition) is 2. The van der Waals surface area contributed by atoms with Crippen LogP contribution in [0, 0.1) is 0 Å². The molecule has 114 valence electrons. The Bertz CT molecular complexity index is 691. The van der Waals surface area contributed by atoms with Gasteiger partial charge in [0.05, 0.1) is 0 Å². The molecule has 22 heavy (non-hydrogen) atoms. The van der Waals surface area contributed by atoms with E-state index in [4.69, 9.17) is 17.1 Å². The molecule has 0 radical (unpaired) electrons. The van der Waals surface area contributed by atoms with Crippen LogP contribution < -0.4 is 0 Å². The van der Waals surface area contributed by atoms with Crippen LogP contribution in [0.1, 0.15) is 29.5 Å². The summed E-state index contributed by atoms with van der Waals surface area (Å²) < 4.78 is 26.9. The third-order valence-electron chi connectivity index (χ3n) is 3.27. The lowest BCUT2D eigenvalue weighted by Crippen LogP contribution is -2.11. The lowest BCUT2D eigenvalue weighted by atomic mass is 9.91. The van der Waals surface area contributed by atoms with Crippen molar-refractivity contribution >= 4 is 11.6 Å². The molecule has 2 aromatic rings. The number of alkyl halides is 2. The number of azide groups is 1.